The molecule has 0 radical (unpaired) electrons. The number of nitrogens with zero attached hydrogens (tertiary/aromatic N) is 1. The number of hydrogen-bond donors (Lipinski definition) is 2. The molecule has 1 aromatic rings. The number of halogens is 1. The van der Waals surface area contributed by atoms with E-state index in [-0.39, 0.29) is 22.4 Å². The van der Waals surface area contributed by atoms with Gasteiger partial charge in [0.15, 0.2) is 11.5 Å². The van der Waals surface area contributed by atoms with Gasteiger partial charge in [0.1, 0.15) is 4.32 Å². The van der Waals surface area contributed by atoms with Crippen LogP contribution in [0.5, 0.6) is 11.5 Å². The number of thioether (sulfide) groups is 1. The molecule has 1 fully saturated rings. The summed E-state index contributed by atoms with van der Waals surface area (Å²) in [6.07, 6.45) is 3.16. The van der Waals surface area contributed by atoms with Gasteiger partial charge in [0, 0.05) is 6.54 Å². The van der Waals surface area contributed by atoms with Crippen molar-refractivity contribution in [1.82, 2.24) is 4.90 Å². The van der Waals surface area contributed by atoms with Gasteiger partial charge in [-0.2, -0.15) is 0 Å². The standard InChI is InChI=1S/C13H10ClNO3S2/c1-2-3-15-12(18)10(20-13(15)19)6-7-4-8(14)11(17)9(16)5-7/h2,4-6,16-17H,1,3H2/b10-6-. The first-order chi connectivity index (χ1) is 9.43. The molecule has 0 unspecified atom stereocenters. The number of aromatic hydroxyl groups is 2. The molecule has 0 bridgehead atoms. The number of benzene rings is 1. The second-order valence-corrected chi connectivity index (χ2v) is 6.03. The van der Waals surface area contributed by atoms with Crippen molar-refractivity contribution >= 4 is 51.9 Å². The van der Waals surface area contributed by atoms with Gasteiger partial charge >= 0.3 is 0 Å². The predicted molar refractivity (Wildman–Crippen MR) is 84.9 cm³/mol. The fraction of sp³-hybridized carbons (Fsp3) is 0.0769. The van der Waals surface area contributed by atoms with Crippen molar-refractivity contribution in [1.29, 1.82) is 0 Å². The molecule has 1 aliphatic rings. The van der Waals surface area contributed by atoms with E-state index in [1.807, 2.05) is 0 Å². The van der Waals surface area contributed by atoms with Crippen molar-refractivity contribution in [3.8, 4) is 11.5 Å². The lowest BCUT2D eigenvalue weighted by Gasteiger charge is -2.10. The van der Waals surface area contributed by atoms with E-state index in [4.69, 9.17) is 23.8 Å². The highest BCUT2D eigenvalue weighted by Gasteiger charge is 2.31. The molecule has 4 nitrogen and oxygen atoms in total. The average Bonchev–Trinajstić information content (AvgIpc) is 2.64. The molecule has 1 aliphatic heterocycles. The summed E-state index contributed by atoms with van der Waals surface area (Å²) < 4.78 is 0.454. The van der Waals surface area contributed by atoms with Crippen LogP contribution in [0.3, 0.4) is 0 Å². The number of phenols is 2. The highest BCUT2D eigenvalue weighted by molar-refractivity contribution is 8.26. The predicted octanol–water partition coefficient (Wildman–Crippen LogP) is 3.14. The van der Waals surface area contributed by atoms with Crippen LogP contribution < -0.4 is 0 Å². The van der Waals surface area contributed by atoms with Gasteiger partial charge < -0.3 is 10.2 Å². The van der Waals surface area contributed by atoms with Crippen LogP contribution in [0.4, 0.5) is 0 Å². The lowest BCUT2D eigenvalue weighted by Crippen LogP contribution is -2.27. The zero-order valence-corrected chi connectivity index (χ0v) is 12.6. The molecule has 1 amide bonds. The molecule has 0 spiro atoms. The van der Waals surface area contributed by atoms with Crippen molar-refractivity contribution in [2.45, 2.75) is 0 Å². The largest absolute Gasteiger partial charge is 0.504 e. The topological polar surface area (TPSA) is 60.8 Å². The maximum absolute atomic E-state index is 12.1. The molecule has 104 valence electrons. The fourth-order valence-corrected chi connectivity index (χ4v) is 3.12. The molecule has 1 aromatic carbocycles. The van der Waals surface area contributed by atoms with E-state index in [1.165, 1.54) is 28.8 Å². The van der Waals surface area contributed by atoms with Crippen LogP contribution >= 0.6 is 35.6 Å². The zero-order chi connectivity index (χ0) is 14.9. The minimum absolute atomic E-state index is 0.0119. The molecule has 1 heterocycles. The van der Waals surface area contributed by atoms with Gasteiger partial charge in [-0.15, -0.1) is 6.58 Å². The zero-order valence-electron chi connectivity index (χ0n) is 10.2. The maximum atomic E-state index is 12.1. The minimum Gasteiger partial charge on any atom is -0.504 e. The van der Waals surface area contributed by atoms with Crippen LogP contribution in [0.1, 0.15) is 5.56 Å². The van der Waals surface area contributed by atoms with Crippen LogP contribution in [-0.2, 0) is 4.79 Å². The molecule has 0 saturated carbocycles. The van der Waals surface area contributed by atoms with Gasteiger partial charge in [0.25, 0.3) is 5.91 Å². The molecule has 7 heteroatoms. The second kappa shape index (κ2) is 5.87. The Kier molecular flexibility index (Phi) is 4.37. The summed E-state index contributed by atoms with van der Waals surface area (Å²) in [6.45, 7) is 3.93. The van der Waals surface area contributed by atoms with Gasteiger partial charge in [-0.05, 0) is 23.8 Å². The Bertz CT molecular complexity index is 619. The first-order valence-corrected chi connectivity index (χ1v) is 7.12. The van der Waals surface area contributed by atoms with Gasteiger partial charge in [0.2, 0.25) is 0 Å². The van der Waals surface area contributed by atoms with Crippen molar-refractivity contribution in [3.63, 3.8) is 0 Å². The molecule has 2 rings (SSSR count). The Hall–Kier alpha value is -1.50. The van der Waals surface area contributed by atoms with Gasteiger partial charge in [-0.1, -0.05) is 41.7 Å². The number of phenolic OH excluding ortho intramolecular Hbond substituents is 2. The molecule has 20 heavy (non-hydrogen) atoms. The van der Waals surface area contributed by atoms with E-state index in [0.29, 0.717) is 21.3 Å². The Morgan fingerprint density at radius 3 is 2.75 bits per heavy atom. The summed E-state index contributed by atoms with van der Waals surface area (Å²) in [7, 11) is 0. The molecular weight excluding hydrogens is 318 g/mol. The highest BCUT2D eigenvalue weighted by Crippen LogP contribution is 2.37. The molecule has 2 N–H and O–H groups in total. The molecular formula is C13H10ClNO3S2. The van der Waals surface area contributed by atoms with Gasteiger partial charge in [-0.3, -0.25) is 9.69 Å². The monoisotopic (exact) mass is 327 g/mol. The van der Waals surface area contributed by atoms with Crippen molar-refractivity contribution in [2.24, 2.45) is 0 Å². The molecule has 0 aromatic heterocycles. The first-order valence-electron chi connectivity index (χ1n) is 5.51. The minimum atomic E-state index is -0.386. The third kappa shape index (κ3) is 2.82. The normalized spacial score (nSPS) is 17.1. The van der Waals surface area contributed by atoms with Crippen molar-refractivity contribution in [2.75, 3.05) is 6.54 Å². The number of amides is 1. The lowest BCUT2D eigenvalue weighted by atomic mass is 10.2. The van der Waals surface area contributed by atoms with E-state index in [2.05, 4.69) is 6.58 Å². The summed E-state index contributed by atoms with van der Waals surface area (Å²) >= 11 is 12.0. The van der Waals surface area contributed by atoms with Crippen molar-refractivity contribution < 1.29 is 15.0 Å². The lowest BCUT2D eigenvalue weighted by molar-refractivity contribution is -0.121. The fourth-order valence-electron chi connectivity index (χ4n) is 1.63. The van der Waals surface area contributed by atoms with Gasteiger partial charge in [0.05, 0.1) is 9.93 Å². The smallest absolute Gasteiger partial charge is 0.266 e. The third-order valence-corrected chi connectivity index (χ3v) is 4.21. The summed E-state index contributed by atoms with van der Waals surface area (Å²) in [6, 6.07) is 2.78. The van der Waals surface area contributed by atoms with E-state index in [1.54, 1.807) is 12.2 Å². The summed E-state index contributed by atoms with van der Waals surface area (Å²) in [5, 5.41) is 18.9. The Morgan fingerprint density at radius 2 is 2.15 bits per heavy atom. The number of hydrogen-bond acceptors (Lipinski definition) is 5. The quantitative estimate of drug-likeness (QED) is 0.386. The Labute approximate surface area is 130 Å². The number of carbonyl (C=O) groups is 1. The molecule has 0 atom stereocenters. The highest BCUT2D eigenvalue weighted by atomic mass is 35.5. The van der Waals surface area contributed by atoms with Crippen LogP contribution in [0, 0.1) is 0 Å². The summed E-state index contributed by atoms with van der Waals surface area (Å²) in [5.41, 5.74) is 0.504. The number of rotatable bonds is 3. The van der Waals surface area contributed by atoms with Crippen LogP contribution in [-0.4, -0.2) is 31.9 Å². The maximum Gasteiger partial charge on any atom is 0.266 e. The van der Waals surface area contributed by atoms with Crippen LogP contribution in [0.15, 0.2) is 29.7 Å². The SMILES string of the molecule is C=CCN1C(=O)/C(=C/c2cc(O)c(O)c(Cl)c2)SC1=S. The van der Waals surface area contributed by atoms with E-state index in [9.17, 15) is 15.0 Å². The molecule has 0 aliphatic carbocycles. The third-order valence-electron chi connectivity index (χ3n) is 2.55. The second-order valence-electron chi connectivity index (χ2n) is 3.95. The van der Waals surface area contributed by atoms with E-state index < -0.39 is 0 Å². The number of carbonyl (C=O) groups excluding carboxylic acids is 1. The van der Waals surface area contributed by atoms with Crippen LogP contribution in [0.2, 0.25) is 5.02 Å². The van der Waals surface area contributed by atoms with E-state index >= 15 is 0 Å². The van der Waals surface area contributed by atoms with Gasteiger partial charge in [-0.25, -0.2) is 0 Å². The average molecular weight is 328 g/mol. The number of thiocarbonyl (C=S) groups is 1. The summed E-state index contributed by atoms with van der Waals surface area (Å²) in [4.78, 5) is 14.0. The molecule has 1 saturated heterocycles. The van der Waals surface area contributed by atoms with Crippen molar-refractivity contribution in [3.05, 3.63) is 40.3 Å². The Morgan fingerprint density at radius 1 is 1.45 bits per heavy atom. The van der Waals surface area contributed by atoms with E-state index in [0.717, 1.165) is 0 Å². The van der Waals surface area contributed by atoms with Crippen LogP contribution in [0.25, 0.3) is 6.08 Å². The first kappa shape index (κ1) is 14.9. The Balaban J connectivity index is 2.35. The summed E-state index contributed by atoms with van der Waals surface area (Å²) in [5.74, 6) is -0.947.